The van der Waals surface area contributed by atoms with Gasteiger partial charge < -0.3 is 33.4 Å². The zero-order valence-electron chi connectivity index (χ0n) is 20.8. The number of nitrogens with zero attached hydrogens (tertiary/aromatic N) is 1. The van der Waals surface area contributed by atoms with Gasteiger partial charge in [-0.1, -0.05) is 0 Å². The summed E-state index contributed by atoms with van der Waals surface area (Å²) < 4.78 is 24.9. The Morgan fingerprint density at radius 2 is 1.84 bits per heavy atom. The molecule has 1 aliphatic heterocycles. The number of aromatic nitrogens is 1. The van der Waals surface area contributed by atoms with E-state index < -0.39 is 11.2 Å². The predicted octanol–water partition coefficient (Wildman–Crippen LogP) is 4.46. The predicted molar refractivity (Wildman–Crippen MR) is 143 cm³/mol. The fourth-order valence-electron chi connectivity index (χ4n) is 4.89. The van der Waals surface area contributed by atoms with Crippen LogP contribution in [0.25, 0.3) is 38.9 Å². The first kappa shape index (κ1) is 23.5. The summed E-state index contributed by atoms with van der Waals surface area (Å²) in [5.41, 5.74) is -0.184. The Hall–Kier alpha value is -4.92. The standard InChI is InChI=1S/C29H23NO8/c1-29(11-10-17-20(31)7-4-15-5-9-23(33)37-27(15)17)14-36-28-22(38-29)8-6-18-25(28)30(2)19-12-16(35-3)13-21(32)24(19)26(18)34/h4-13,31-32H,14H2,1-3H3. The van der Waals surface area contributed by atoms with E-state index in [1.54, 1.807) is 54.1 Å². The number of hydrogen-bond donors (Lipinski definition) is 2. The first-order valence-corrected chi connectivity index (χ1v) is 11.8. The summed E-state index contributed by atoms with van der Waals surface area (Å²) in [7, 11) is 3.26. The van der Waals surface area contributed by atoms with Crippen molar-refractivity contribution in [2.45, 2.75) is 12.5 Å². The van der Waals surface area contributed by atoms with E-state index in [9.17, 15) is 19.8 Å². The number of ether oxygens (including phenoxy) is 3. The second-order valence-corrected chi connectivity index (χ2v) is 9.43. The number of rotatable bonds is 3. The van der Waals surface area contributed by atoms with Crippen molar-refractivity contribution in [3.8, 4) is 28.7 Å². The van der Waals surface area contributed by atoms with Crippen molar-refractivity contribution in [3.05, 3.63) is 80.8 Å². The van der Waals surface area contributed by atoms with Gasteiger partial charge in [-0.15, -0.1) is 0 Å². The van der Waals surface area contributed by atoms with Gasteiger partial charge in [-0.2, -0.15) is 0 Å². The monoisotopic (exact) mass is 513 g/mol. The van der Waals surface area contributed by atoms with Gasteiger partial charge in [0.25, 0.3) is 0 Å². The van der Waals surface area contributed by atoms with Crippen LogP contribution >= 0.6 is 0 Å². The van der Waals surface area contributed by atoms with Crippen molar-refractivity contribution in [3.63, 3.8) is 0 Å². The topological polar surface area (TPSA) is 120 Å². The van der Waals surface area contributed by atoms with E-state index in [4.69, 9.17) is 18.6 Å². The number of aryl methyl sites for hydroxylation is 1. The van der Waals surface area contributed by atoms with Crippen LogP contribution in [0.5, 0.6) is 28.7 Å². The largest absolute Gasteiger partial charge is 0.507 e. The Bertz CT molecular complexity index is 1930. The van der Waals surface area contributed by atoms with Crippen molar-refractivity contribution in [1.29, 1.82) is 0 Å². The Labute approximate surface area is 215 Å². The summed E-state index contributed by atoms with van der Waals surface area (Å²) in [5, 5.41) is 22.2. The van der Waals surface area contributed by atoms with Crippen molar-refractivity contribution in [2.75, 3.05) is 13.7 Å². The lowest BCUT2D eigenvalue weighted by molar-refractivity contribution is 0.0461. The zero-order valence-corrected chi connectivity index (χ0v) is 20.8. The molecule has 3 aromatic carbocycles. The van der Waals surface area contributed by atoms with E-state index in [1.807, 2.05) is 6.92 Å². The fourth-order valence-corrected chi connectivity index (χ4v) is 4.89. The highest BCUT2D eigenvalue weighted by molar-refractivity contribution is 6.00. The van der Waals surface area contributed by atoms with Crippen LogP contribution in [0.4, 0.5) is 0 Å². The number of aromatic hydroxyl groups is 2. The number of hydrogen-bond acceptors (Lipinski definition) is 8. The van der Waals surface area contributed by atoms with Gasteiger partial charge >= 0.3 is 5.63 Å². The van der Waals surface area contributed by atoms with Crippen LogP contribution in [-0.4, -0.2) is 34.1 Å². The molecule has 9 heteroatoms. The van der Waals surface area contributed by atoms with Gasteiger partial charge in [-0.3, -0.25) is 4.79 Å². The maximum atomic E-state index is 13.3. The summed E-state index contributed by atoms with van der Waals surface area (Å²) in [5.74, 6) is 1.02. The minimum atomic E-state index is -0.943. The van der Waals surface area contributed by atoms with Crippen LogP contribution < -0.4 is 25.3 Å². The molecule has 0 aliphatic carbocycles. The maximum Gasteiger partial charge on any atom is 0.336 e. The van der Waals surface area contributed by atoms with Crippen molar-refractivity contribution < 1.29 is 28.8 Å². The lowest BCUT2D eigenvalue weighted by Gasteiger charge is -2.34. The summed E-state index contributed by atoms with van der Waals surface area (Å²) >= 11 is 0. The lowest BCUT2D eigenvalue weighted by Crippen LogP contribution is -2.40. The van der Waals surface area contributed by atoms with E-state index in [0.29, 0.717) is 44.6 Å². The second-order valence-electron chi connectivity index (χ2n) is 9.43. The molecule has 9 nitrogen and oxygen atoms in total. The highest BCUT2D eigenvalue weighted by Crippen LogP contribution is 2.42. The SMILES string of the molecule is COc1cc(O)c2c(=O)c3ccc4c(c3n(C)c2c1)OCC(C)(C=Cc1c(O)ccc2ccc(=O)oc12)O4. The summed E-state index contributed by atoms with van der Waals surface area (Å²) in [6, 6.07) is 12.5. The molecule has 0 amide bonds. The third kappa shape index (κ3) is 3.54. The smallest absolute Gasteiger partial charge is 0.336 e. The highest BCUT2D eigenvalue weighted by Gasteiger charge is 2.33. The van der Waals surface area contributed by atoms with E-state index in [1.165, 1.54) is 25.3 Å². The number of benzene rings is 3. The van der Waals surface area contributed by atoms with Crippen LogP contribution in [-0.2, 0) is 7.05 Å². The Kier molecular flexibility index (Phi) is 5.13. The summed E-state index contributed by atoms with van der Waals surface area (Å²) in [4.78, 5) is 25.1. The maximum absolute atomic E-state index is 13.3. The molecular weight excluding hydrogens is 490 g/mol. The number of phenols is 2. The van der Waals surface area contributed by atoms with Gasteiger partial charge in [0.2, 0.25) is 5.43 Å². The van der Waals surface area contributed by atoms with Crippen LogP contribution in [0.1, 0.15) is 12.5 Å². The first-order valence-electron chi connectivity index (χ1n) is 11.8. The molecule has 5 aromatic rings. The van der Waals surface area contributed by atoms with Crippen molar-refractivity contribution >= 4 is 38.9 Å². The molecule has 1 unspecified atom stereocenters. The van der Waals surface area contributed by atoms with E-state index in [-0.39, 0.29) is 34.5 Å². The fraction of sp³-hybridized carbons (Fsp3) is 0.172. The molecule has 38 heavy (non-hydrogen) atoms. The van der Waals surface area contributed by atoms with Crippen LogP contribution in [0.15, 0.2) is 68.6 Å². The molecule has 0 radical (unpaired) electrons. The third-order valence-electron chi connectivity index (χ3n) is 6.82. The van der Waals surface area contributed by atoms with E-state index in [2.05, 4.69) is 0 Å². The Morgan fingerprint density at radius 3 is 2.63 bits per heavy atom. The minimum absolute atomic E-state index is 0.0459. The third-order valence-corrected chi connectivity index (χ3v) is 6.82. The molecule has 0 saturated carbocycles. The van der Waals surface area contributed by atoms with E-state index in [0.717, 1.165) is 0 Å². The molecule has 0 bridgehead atoms. The molecule has 0 spiro atoms. The molecule has 192 valence electrons. The Morgan fingerprint density at radius 1 is 1.05 bits per heavy atom. The number of pyridine rings is 1. The normalized spacial score (nSPS) is 17.0. The van der Waals surface area contributed by atoms with Gasteiger partial charge in [-0.25, -0.2) is 4.79 Å². The van der Waals surface area contributed by atoms with Gasteiger partial charge in [0, 0.05) is 30.6 Å². The summed E-state index contributed by atoms with van der Waals surface area (Å²) in [6.45, 7) is 1.91. The quantitative estimate of drug-likeness (QED) is 0.268. The van der Waals surface area contributed by atoms with Gasteiger partial charge in [0.05, 0.1) is 34.5 Å². The van der Waals surface area contributed by atoms with Crippen molar-refractivity contribution in [2.24, 2.45) is 7.05 Å². The molecule has 3 heterocycles. The van der Waals surface area contributed by atoms with E-state index >= 15 is 0 Å². The van der Waals surface area contributed by atoms with Crippen LogP contribution in [0.3, 0.4) is 0 Å². The first-order chi connectivity index (χ1) is 18.2. The average Bonchev–Trinajstić information content (AvgIpc) is 2.90. The van der Waals surface area contributed by atoms with Crippen LogP contribution in [0, 0.1) is 0 Å². The number of methoxy groups -OCH3 is 1. The molecule has 1 atom stereocenters. The molecular formula is C29H23NO8. The molecule has 2 aromatic heterocycles. The Balaban J connectivity index is 1.45. The molecule has 0 fully saturated rings. The average molecular weight is 514 g/mol. The minimum Gasteiger partial charge on any atom is -0.507 e. The van der Waals surface area contributed by atoms with Gasteiger partial charge in [0.1, 0.15) is 29.4 Å². The van der Waals surface area contributed by atoms with Gasteiger partial charge in [0.15, 0.2) is 17.1 Å². The second kappa shape index (κ2) is 8.31. The zero-order chi connectivity index (χ0) is 26.8. The van der Waals surface area contributed by atoms with Gasteiger partial charge in [-0.05, 0) is 49.4 Å². The molecule has 2 N–H and O–H groups in total. The molecule has 1 aliphatic rings. The van der Waals surface area contributed by atoms with Crippen LogP contribution in [0.2, 0.25) is 0 Å². The highest BCUT2D eigenvalue weighted by atomic mass is 16.6. The number of phenolic OH excluding ortho intramolecular Hbond substituents is 2. The van der Waals surface area contributed by atoms with Crippen molar-refractivity contribution in [1.82, 2.24) is 4.57 Å². The molecule has 6 rings (SSSR count). The molecule has 0 saturated heterocycles. The summed E-state index contributed by atoms with van der Waals surface area (Å²) in [6.07, 6.45) is 3.36. The number of fused-ring (bicyclic) bond motifs is 5. The lowest BCUT2D eigenvalue weighted by atomic mass is 10.0.